The van der Waals surface area contributed by atoms with Crippen molar-refractivity contribution in [2.24, 2.45) is 0 Å². The molecule has 1 aliphatic heterocycles. The number of carbonyl (C=O) groups excluding carboxylic acids is 1. The zero-order chi connectivity index (χ0) is 12.5. The molecule has 0 radical (unpaired) electrons. The van der Waals surface area contributed by atoms with Gasteiger partial charge in [-0.05, 0) is 18.6 Å². The molecule has 0 amide bonds. The second-order valence-corrected chi connectivity index (χ2v) is 6.34. The van der Waals surface area contributed by atoms with E-state index in [1.165, 1.54) is 18.2 Å². The fraction of sp³-hybridized carbons (Fsp3) is 0.300. The Labute approximate surface area is 103 Å². The zero-order valence-corrected chi connectivity index (χ0v) is 10.4. The molecule has 1 aromatic rings. The van der Waals surface area contributed by atoms with Crippen LogP contribution >= 0.6 is 11.8 Å². The Kier molecular flexibility index (Phi) is 3.50. The van der Waals surface area contributed by atoms with Crippen LogP contribution in [-0.2, 0) is 14.8 Å². The molecule has 1 atom stereocenters. The third-order valence-corrected chi connectivity index (χ3v) is 4.87. The minimum atomic E-state index is -3.97. The quantitative estimate of drug-likeness (QED) is 0.898. The monoisotopic (exact) mass is 275 g/mol. The van der Waals surface area contributed by atoms with Crippen LogP contribution in [0.25, 0.3) is 0 Å². The van der Waals surface area contributed by atoms with Crippen molar-refractivity contribution < 1.29 is 17.6 Å². The van der Waals surface area contributed by atoms with Crippen LogP contribution in [0.4, 0.5) is 4.39 Å². The molecule has 0 bridgehead atoms. The molecule has 0 saturated carbocycles. The van der Waals surface area contributed by atoms with Gasteiger partial charge in [-0.2, -0.15) is 4.72 Å². The first kappa shape index (κ1) is 12.5. The number of nitrogens with one attached hydrogen (secondary N) is 1. The third-order valence-electron chi connectivity index (χ3n) is 2.36. The highest BCUT2D eigenvalue weighted by molar-refractivity contribution is 8.14. The lowest BCUT2D eigenvalue weighted by atomic mass is 10.3. The van der Waals surface area contributed by atoms with E-state index in [1.54, 1.807) is 0 Å². The van der Waals surface area contributed by atoms with Gasteiger partial charge in [-0.25, -0.2) is 12.8 Å². The molecule has 0 aromatic heterocycles. The van der Waals surface area contributed by atoms with E-state index in [-0.39, 0.29) is 5.12 Å². The van der Waals surface area contributed by atoms with Gasteiger partial charge in [-0.15, -0.1) is 0 Å². The van der Waals surface area contributed by atoms with Gasteiger partial charge in [0, 0.05) is 5.75 Å². The molecule has 0 aliphatic carbocycles. The average molecular weight is 275 g/mol. The van der Waals surface area contributed by atoms with Gasteiger partial charge in [0.15, 0.2) is 0 Å². The van der Waals surface area contributed by atoms with Crippen LogP contribution in [-0.4, -0.2) is 25.3 Å². The first-order chi connectivity index (χ1) is 8.00. The Morgan fingerprint density at radius 1 is 1.35 bits per heavy atom. The molecule has 1 unspecified atom stereocenters. The van der Waals surface area contributed by atoms with Crippen LogP contribution in [0.3, 0.4) is 0 Å². The molecule has 2 rings (SSSR count). The molecule has 1 saturated heterocycles. The van der Waals surface area contributed by atoms with E-state index in [0.29, 0.717) is 12.2 Å². The van der Waals surface area contributed by atoms with Crippen molar-refractivity contribution in [1.82, 2.24) is 4.72 Å². The van der Waals surface area contributed by atoms with Crippen LogP contribution < -0.4 is 4.72 Å². The Hall–Kier alpha value is -0.920. The fourth-order valence-corrected chi connectivity index (χ4v) is 3.83. The summed E-state index contributed by atoms with van der Waals surface area (Å²) in [6.07, 6.45) is 0.442. The van der Waals surface area contributed by atoms with Gasteiger partial charge in [0.25, 0.3) is 0 Å². The van der Waals surface area contributed by atoms with Gasteiger partial charge in [0.1, 0.15) is 10.7 Å². The van der Waals surface area contributed by atoms with E-state index in [2.05, 4.69) is 4.72 Å². The SMILES string of the molecule is O=C1SCCC1NS(=O)(=O)c1ccccc1F. The molecule has 1 aromatic carbocycles. The standard InChI is InChI=1S/C10H10FNO3S2/c11-7-3-1-2-4-9(7)17(14,15)12-8-5-6-16-10(8)13/h1-4,8,12H,5-6H2. The highest BCUT2D eigenvalue weighted by atomic mass is 32.2. The first-order valence-electron chi connectivity index (χ1n) is 4.94. The second-order valence-electron chi connectivity index (χ2n) is 3.56. The number of halogens is 1. The van der Waals surface area contributed by atoms with E-state index >= 15 is 0 Å². The predicted molar refractivity (Wildman–Crippen MR) is 62.6 cm³/mol. The number of hydrogen-bond donors (Lipinski definition) is 1. The van der Waals surface area contributed by atoms with Gasteiger partial charge in [0.2, 0.25) is 15.1 Å². The summed E-state index contributed by atoms with van der Waals surface area (Å²) < 4.78 is 39.3. The number of benzene rings is 1. The van der Waals surface area contributed by atoms with Crippen LogP contribution in [0.2, 0.25) is 0 Å². The van der Waals surface area contributed by atoms with Crippen LogP contribution in [0.15, 0.2) is 29.2 Å². The highest BCUT2D eigenvalue weighted by Crippen LogP contribution is 2.22. The van der Waals surface area contributed by atoms with Crippen LogP contribution in [0.1, 0.15) is 6.42 Å². The molecule has 92 valence electrons. The summed E-state index contributed by atoms with van der Waals surface area (Å²) in [5.41, 5.74) is 0. The zero-order valence-electron chi connectivity index (χ0n) is 8.72. The maximum atomic E-state index is 13.3. The number of hydrogen-bond acceptors (Lipinski definition) is 4. The van der Waals surface area contributed by atoms with Crippen molar-refractivity contribution in [3.05, 3.63) is 30.1 Å². The fourth-order valence-electron chi connectivity index (χ4n) is 1.52. The van der Waals surface area contributed by atoms with Crippen molar-refractivity contribution in [3.8, 4) is 0 Å². The lowest BCUT2D eigenvalue weighted by Gasteiger charge is -2.11. The molecule has 0 spiro atoms. The number of carbonyl (C=O) groups is 1. The largest absolute Gasteiger partial charge is 0.285 e. The molecule has 1 N–H and O–H groups in total. The minimum Gasteiger partial charge on any atom is -0.285 e. The Morgan fingerprint density at radius 3 is 2.65 bits per heavy atom. The number of thioether (sulfide) groups is 1. The van der Waals surface area contributed by atoms with Gasteiger partial charge < -0.3 is 0 Å². The van der Waals surface area contributed by atoms with Crippen LogP contribution in [0, 0.1) is 5.82 Å². The van der Waals surface area contributed by atoms with Crippen molar-refractivity contribution in [2.45, 2.75) is 17.4 Å². The second kappa shape index (κ2) is 4.75. The van der Waals surface area contributed by atoms with Gasteiger partial charge in [-0.3, -0.25) is 4.79 Å². The summed E-state index contributed by atoms with van der Waals surface area (Å²) in [6.45, 7) is 0. The van der Waals surface area contributed by atoms with E-state index in [1.807, 2.05) is 0 Å². The number of sulfonamides is 1. The topological polar surface area (TPSA) is 63.2 Å². The summed E-state index contributed by atoms with van der Waals surface area (Å²) >= 11 is 1.09. The lowest BCUT2D eigenvalue weighted by Crippen LogP contribution is -2.37. The molecule has 1 aliphatic rings. The molecule has 4 nitrogen and oxygen atoms in total. The molecular formula is C10H10FNO3S2. The molecule has 1 heterocycles. The lowest BCUT2D eigenvalue weighted by molar-refractivity contribution is -0.111. The summed E-state index contributed by atoms with van der Waals surface area (Å²) in [6, 6.07) is 4.34. The average Bonchev–Trinajstić information content (AvgIpc) is 2.64. The van der Waals surface area contributed by atoms with E-state index in [4.69, 9.17) is 0 Å². The molecule has 7 heteroatoms. The van der Waals surface area contributed by atoms with Gasteiger partial charge >= 0.3 is 0 Å². The minimum absolute atomic E-state index is 0.218. The van der Waals surface area contributed by atoms with Crippen LogP contribution in [0.5, 0.6) is 0 Å². The van der Waals surface area contributed by atoms with E-state index in [9.17, 15) is 17.6 Å². The van der Waals surface area contributed by atoms with Gasteiger partial charge in [0.05, 0.1) is 6.04 Å². The van der Waals surface area contributed by atoms with E-state index < -0.39 is 26.8 Å². The predicted octanol–water partition coefficient (Wildman–Crippen LogP) is 1.14. The summed E-state index contributed by atoms with van der Waals surface area (Å²) in [5.74, 6) is -0.235. The maximum Gasteiger partial charge on any atom is 0.244 e. The van der Waals surface area contributed by atoms with Crippen molar-refractivity contribution >= 4 is 26.9 Å². The van der Waals surface area contributed by atoms with Crippen molar-refractivity contribution in [1.29, 1.82) is 0 Å². The Bertz CT molecular complexity index is 544. The van der Waals surface area contributed by atoms with Crippen molar-refractivity contribution in [3.63, 3.8) is 0 Å². The molecular weight excluding hydrogens is 265 g/mol. The first-order valence-corrected chi connectivity index (χ1v) is 7.41. The summed E-state index contributed by atoms with van der Waals surface area (Å²) in [4.78, 5) is 10.9. The third kappa shape index (κ3) is 2.67. The Balaban J connectivity index is 2.25. The Morgan fingerprint density at radius 2 is 2.06 bits per heavy atom. The van der Waals surface area contributed by atoms with Gasteiger partial charge in [-0.1, -0.05) is 23.9 Å². The van der Waals surface area contributed by atoms with Crippen molar-refractivity contribution in [2.75, 3.05) is 5.75 Å². The summed E-state index contributed by atoms with van der Waals surface area (Å²) in [7, 11) is -3.97. The summed E-state index contributed by atoms with van der Waals surface area (Å²) in [5, 5.41) is -0.218. The van der Waals surface area contributed by atoms with E-state index in [0.717, 1.165) is 17.8 Å². The normalized spacial score (nSPS) is 20.8. The highest BCUT2D eigenvalue weighted by Gasteiger charge is 2.31. The number of rotatable bonds is 3. The molecule has 17 heavy (non-hydrogen) atoms. The smallest absolute Gasteiger partial charge is 0.244 e. The maximum absolute atomic E-state index is 13.3. The molecule has 1 fully saturated rings.